The van der Waals surface area contributed by atoms with Crippen molar-refractivity contribution in [1.29, 1.82) is 0 Å². The van der Waals surface area contributed by atoms with Gasteiger partial charge in [0.1, 0.15) is 5.82 Å². The molecule has 1 aliphatic heterocycles. The van der Waals surface area contributed by atoms with Crippen LogP contribution in [-0.4, -0.2) is 12.6 Å². The highest BCUT2D eigenvalue weighted by Crippen LogP contribution is 2.42. The highest BCUT2D eigenvalue weighted by molar-refractivity contribution is 9.10. The molecule has 0 fully saturated rings. The second-order valence-electron chi connectivity index (χ2n) is 6.01. The van der Waals surface area contributed by atoms with Gasteiger partial charge in [-0.1, -0.05) is 52.3 Å². The van der Waals surface area contributed by atoms with Crippen LogP contribution in [-0.2, 0) is 16.1 Å². The summed E-state index contributed by atoms with van der Waals surface area (Å²) in [6.45, 7) is 6.56. The third kappa shape index (κ3) is 3.40. The minimum absolute atomic E-state index is 0.295. The van der Waals surface area contributed by atoms with Crippen LogP contribution >= 0.6 is 15.9 Å². The Bertz CT molecular complexity index is 862. The maximum Gasteiger partial charge on any atom is 0.338 e. The quantitative estimate of drug-likeness (QED) is 0.581. The van der Waals surface area contributed by atoms with Crippen LogP contribution in [0.15, 0.2) is 77.1 Å². The number of benzene rings is 2. The first kappa shape index (κ1) is 18.3. The predicted molar refractivity (Wildman–Crippen MR) is 108 cm³/mol. The van der Waals surface area contributed by atoms with Crippen molar-refractivity contribution in [1.82, 2.24) is 0 Å². The van der Waals surface area contributed by atoms with E-state index in [1.165, 1.54) is 0 Å². The number of allylic oxidation sites excluding steroid dienone is 1. The molecule has 134 valence electrons. The third-order valence-corrected chi connectivity index (χ3v) is 4.90. The van der Waals surface area contributed by atoms with Crippen molar-refractivity contribution < 1.29 is 9.53 Å². The smallest absolute Gasteiger partial charge is 0.338 e. The Morgan fingerprint density at radius 3 is 2.69 bits per heavy atom. The van der Waals surface area contributed by atoms with Crippen molar-refractivity contribution in [2.24, 2.45) is 5.73 Å². The Labute approximate surface area is 162 Å². The first-order valence-electron chi connectivity index (χ1n) is 8.47. The van der Waals surface area contributed by atoms with Gasteiger partial charge in [0.25, 0.3) is 0 Å². The van der Waals surface area contributed by atoms with E-state index >= 15 is 0 Å². The van der Waals surface area contributed by atoms with Gasteiger partial charge in [0.05, 0.1) is 12.2 Å². The van der Waals surface area contributed by atoms with Crippen molar-refractivity contribution in [2.75, 3.05) is 11.5 Å². The number of halogens is 1. The molecular formula is C21H21BrN2O2. The molecule has 0 saturated heterocycles. The molecule has 2 aromatic carbocycles. The van der Waals surface area contributed by atoms with Crippen molar-refractivity contribution in [2.45, 2.75) is 19.4 Å². The van der Waals surface area contributed by atoms with Crippen LogP contribution in [0, 0.1) is 0 Å². The maximum atomic E-state index is 12.6. The first-order chi connectivity index (χ1) is 12.6. The largest absolute Gasteiger partial charge is 0.463 e. The molecule has 26 heavy (non-hydrogen) atoms. The molecule has 4 nitrogen and oxygen atoms in total. The SMILES string of the molecule is C=CC1C(C(=O)OCC)=C(N)N(Cc2ccccc2)c2ccc(Br)cc21. The second-order valence-corrected chi connectivity index (χ2v) is 6.92. The van der Waals surface area contributed by atoms with E-state index in [0.717, 1.165) is 21.3 Å². The van der Waals surface area contributed by atoms with Crippen LogP contribution in [0.4, 0.5) is 5.69 Å². The molecule has 0 spiro atoms. The highest BCUT2D eigenvalue weighted by atomic mass is 79.9. The number of fused-ring (bicyclic) bond motifs is 1. The van der Waals surface area contributed by atoms with Crippen LogP contribution in [0.2, 0.25) is 0 Å². The van der Waals surface area contributed by atoms with E-state index in [9.17, 15) is 4.79 Å². The van der Waals surface area contributed by atoms with Crippen LogP contribution in [0.3, 0.4) is 0 Å². The van der Waals surface area contributed by atoms with E-state index in [4.69, 9.17) is 10.5 Å². The van der Waals surface area contributed by atoms with Crippen molar-refractivity contribution in [3.8, 4) is 0 Å². The fourth-order valence-electron chi connectivity index (χ4n) is 3.23. The molecule has 5 heteroatoms. The minimum atomic E-state index is -0.404. The van der Waals surface area contributed by atoms with E-state index in [2.05, 4.69) is 22.5 Å². The molecule has 0 amide bonds. The Kier molecular flexibility index (Phi) is 5.47. The summed E-state index contributed by atoms with van der Waals surface area (Å²) in [6.07, 6.45) is 1.74. The van der Waals surface area contributed by atoms with Gasteiger partial charge >= 0.3 is 5.97 Å². The normalized spacial score (nSPS) is 16.2. The molecule has 1 aliphatic rings. The summed E-state index contributed by atoms with van der Waals surface area (Å²) in [5, 5.41) is 0. The summed E-state index contributed by atoms with van der Waals surface area (Å²) in [4.78, 5) is 14.6. The van der Waals surface area contributed by atoms with E-state index in [-0.39, 0.29) is 5.92 Å². The van der Waals surface area contributed by atoms with Gasteiger partial charge in [-0.3, -0.25) is 0 Å². The summed E-state index contributed by atoms with van der Waals surface area (Å²) < 4.78 is 6.20. The molecule has 2 aromatic rings. The van der Waals surface area contributed by atoms with Gasteiger partial charge in [0, 0.05) is 22.6 Å². The standard InChI is InChI=1S/C21H21BrN2O2/c1-3-16-17-12-15(22)10-11-18(17)24(13-14-8-6-5-7-9-14)20(23)19(16)21(25)26-4-2/h3,5-12,16H,1,4,13,23H2,2H3. The number of carbonyl (C=O) groups is 1. The monoisotopic (exact) mass is 412 g/mol. The number of anilines is 1. The van der Waals surface area contributed by atoms with Crippen LogP contribution < -0.4 is 10.6 Å². The van der Waals surface area contributed by atoms with Crippen molar-refractivity contribution >= 4 is 27.6 Å². The molecular weight excluding hydrogens is 392 g/mol. The number of nitrogens with two attached hydrogens (primary N) is 1. The summed E-state index contributed by atoms with van der Waals surface area (Å²) >= 11 is 3.52. The third-order valence-electron chi connectivity index (χ3n) is 4.41. The van der Waals surface area contributed by atoms with Gasteiger partial charge in [-0.05, 0) is 36.2 Å². The number of nitrogens with zero attached hydrogens (tertiary/aromatic N) is 1. The average Bonchev–Trinajstić information content (AvgIpc) is 2.64. The topological polar surface area (TPSA) is 55.6 Å². The Hall–Kier alpha value is -2.53. The summed E-state index contributed by atoms with van der Waals surface area (Å²) in [6, 6.07) is 16.0. The van der Waals surface area contributed by atoms with Crippen LogP contribution in [0.1, 0.15) is 24.0 Å². The van der Waals surface area contributed by atoms with E-state index in [1.807, 2.05) is 53.4 Å². The summed E-state index contributed by atoms with van der Waals surface area (Å²) in [5.74, 6) is -0.306. The molecule has 0 saturated carbocycles. The number of hydrogen-bond donors (Lipinski definition) is 1. The van der Waals surface area contributed by atoms with Gasteiger partial charge < -0.3 is 15.4 Å². The Balaban J connectivity index is 2.15. The van der Waals surface area contributed by atoms with Gasteiger partial charge in [0.15, 0.2) is 0 Å². The van der Waals surface area contributed by atoms with Gasteiger partial charge in [-0.2, -0.15) is 0 Å². The van der Waals surface area contributed by atoms with Crippen LogP contribution in [0.5, 0.6) is 0 Å². The molecule has 1 heterocycles. The van der Waals surface area contributed by atoms with Crippen LogP contribution in [0.25, 0.3) is 0 Å². The zero-order valence-electron chi connectivity index (χ0n) is 14.6. The lowest BCUT2D eigenvalue weighted by molar-refractivity contribution is -0.138. The lowest BCUT2D eigenvalue weighted by atomic mass is 9.86. The molecule has 0 bridgehead atoms. The number of ether oxygens (including phenoxy) is 1. The number of hydrogen-bond acceptors (Lipinski definition) is 4. The molecule has 2 N–H and O–H groups in total. The fourth-order valence-corrected chi connectivity index (χ4v) is 3.61. The molecule has 0 aromatic heterocycles. The number of carbonyl (C=O) groups excluding carboxylic acids is 1. The Morgan fingerprint density at radius 2 is 2.04 bits per heavy atom. The van der Waals surface area contributed by atoms with E-state index in [0.29, 0.717) is 24.5 Å². The molecule has 1 unspecified atom stereocenters. The van der Waals surface area contributed by atoms with Gasteiger partial charge in [-0.25, -0.2) is 4.79 Å². The fraction of sp³-hybridized carbons (Fsp3) is 0.190. The van der Waals surface area contributed by atoms with Crippen molar-refractivity contribution in [3.05, 3.63) is 88.2 Å². The lowest BCUT2D eigenvalue weighted by Crippen LogP contribution is -2.36. The summed E-state index contributed by atoms with van der Waals surface area (Å²) in [5.41, 5.74) is 9.94. The van der Waals surface area contributed by atoms with Gasteiger partial charge in [0.2, 0.25) is 0 Å². The second kappa shape index (κ2) is 7.79. The number of esters is 1. The predicted octanol–water partition coefficient (Wildman–Crippen LogP) is 4.47. The van der Waals surface area contributed by atoms with E-state index < -0.39 is 5.97 Å². The molecule has 0 radical (unpaired) electrons. The van der Waals surface area contributed by atoms with E-state index in [1.54, 1.807) is 13.0 Å². The zero-order valence-corrected chi connectivity index (χ0v) is 16.2. The average molecular weight is 413 g/mol. The maximum absolute atomic E-state index is 12.6. The lowest BCUT2D eigenvalue weighted by Gasteiger charge is -2.36. The Morgan fingerprint density at radius 1 is 1.31 bits per heavy atom. The minimum Gasteiger partial charge on any atom is -0.463 e. The van der Waals surface area contributed by atoms with Crippen molar-refractivity contribution in [3.63, 3.8) is 0 Å². The molecule has 0 aliphatic carbocycles. The highest BCUT2D eigenvalue weighted by Gasteiger charge is 2.34. The molecule has 3 rings (SSSR count). The summed E-state index contributed by atoms with van der Waals surface area (Å²) in [7, 11) is 0. The number of rotatable bonds is 5. The first-order valence-corrected chi connectivity index (χ1v) is 9.26. The van der Waals surface area contributed by atoms with Gasteiger partial charge in [-0.15, -0.1) is 6.58 Å². The zero-order chi connectivity index (χ0) is 18.7. The molecule has 1 atom stereocenters.